The predicted molar refractivity (Wildman–Crippen MR) is 69.1 cm³/mol. The number of pyridine rings is 1. The molecule has 0 saturated heterocycles. The van der Waals surface area contributed by atoms with Crippen LogP contribution in [0.2, 0.25) is 0 Å². The minimum absolute atomic E-state index is 0.499. The first-order valence-corrected chi connectivity index (χ1v) is 5.95. The number of nitrogens with zero attached hydrogens (tertiary/aromatic N) is 2. The van der Waals surface area contributed by atoms with E-state index in [1.807, 2.05) is 24.0 Å². The Hall–Kier alpha value is -1.13. The van der Waals surface area contributed by atoms with E-state index >= 15 is 0 Å². The molecule has 2 N–H and O–H groups in total. The Morgan fingerprint density at radius 1 is 1.41 bits per heavy atom. The molecule has 4 heteroatoms. The smallest absolute Gasteiger partial charge is 0.128 e. The maximum atomic E-state index is 9.81. The third-order valence-corrected chi connectivity index (χ3v) is 2.54. The Balaban J connectivity index is 2.82. The van der Waals surface area contributed by atoms with E-state index in [0.29, 0.717) is 6.54 Å². The topological polar surface area (TPSA) is 56.6 Å². The van der Waals surface area contributed by atoms with Gasteiger partial charge in [-0.25, -0.2) is 4.98 Å². The maximum Gasteiger partial charge on any atom is 0.128 e. The van der Waals surface area contributed by atoms with Crippen molar-refractivity contribution in [2.45, 2.75) is 39.4 Å². The van der Waals surface area contributed by atoms with Crippen LogP contribution >= 0.6 is 0 Å². The summed E-state index contributed by atoms with van der Waals surface area (Å²) in [5, 5.41) is 19.2. The van der Waals surface area contributed by atoms with Gasteiger partial charge in [-0.3, -0.25) is 0 Å². The first-order chi connectivity index (χ1) is 7.83. The molecule has 4 nitrogen and oxygen atoms in total. The van der Waals surface area contributed by atoms with Gasteiger partial charge in [0.2, 0.25) is 0 Å². The third-order valence-electron chi connectivity index (χ3n) is 2.54. The monoisotopic (exact) mass is 238 g/mol. The molecule has 1 heterocycles. The molecule has 0 spiro atoms. The van der Waals surface area contributed by atoms with Crippen molar-refractivity contribution in [2.75, 3.05) is 18.0 Å². The van der Waals surface area contributed by atoms with E-state index in [1.165, 1.54) is 0 Å². The molecule has 0 aliphatic carbocycles. The minimum atomic E-state index is -0.749. The molecule has 17 heavy (non-hydrogen) atoms. The number of rotatable bonds is 5. The van der Waals surface area contributed by atoms with Crippen molar-refractivity contribution >= 4 is 5.82 Å². The van der Waals surface area contributed by atoms with E-state index in [9.17, 15) is 10.2 Å². The van der Waals surface area contributed by atoms with Gasteiger partial charge in [-0.15, -0.1) is 0 Å². The van der Waals surface area contributed by atoms with Crippen LogP contribution in [0, 0.1) is 0 Å². The fourth-order valence-electron chi connectivity index (χ4n) is 1.65. The molecule has 0 fully saturated rings. The zero-order chi connectivity index (χ0) is 13.1. The second-order valence-corrected chi connectivity index (χ2v) is 4.95. The molecule has 0 aliphatic heterocycles. The van der Waals surface area contributed by atoms with E-state index in [-0.39, 0.29) is 0 Å². The number of aliphatic hydroxyl groups excluding tert-OH is 1. The highest BCUT2D eigenvalue weighted by Crippen LogP contribution is 2.17. The van der Waals surface area contributed by atoms with Gasteiger partial charge in [0.25, 0.3) is 0 Å². The molecule has 0 aromatic carbocycles. The third kappa shape index (κ3) is 4.32. The van der Waals surface area contributed by atoms with Gasteiger partial charge in [0.15, 0.2) is 0 Å². The summed E-state index contributed by atoms with van der Waals surface area (Å²) in [6, 6.07) is 3.73. The summed E-state index contributed by atoms with van der Waals surface area (Å²) in [6.45, 7) is 8.61. The van der Waals surface area contributed by atoms with Gasteiger partial charge in [-0.2, -0.15) is 0 Å². The molecule has 0 amide bonds. The van der Waals surface area contributed by atoms with Crippen molar-refractivity contribution in [3.63, 3.8) is 0 Å². The molecule has 1 rings (SSSR count). The second-order valence-electron chi connectivity index (χ2n) is 4.95. The summed E-state index contributed by atoms with van der Waals surface area (Å²) in [5.41, 5.74) is 0.0498. The van der Waals surface area contributed by atoms with Crippen molar-refractivity contribution in [1.29, 1.82) is 0 Å². The van der Waals surface area contributed by atoms with E-state index in [1.54, 1.807) is 27.0 Å². The van der Waals surface area contributed by atoms with E-state index in [2.05, 4.69) is 4.98 Å². The molecule has 0 unspecified atom stereocenters. The van der Waals surface area contributed by atoms with Gasteiger partial charge in [-0.05, 0) is 39.3 Å². The molecule has 1 atom stereocenters. The number of hydrogen-bond acceptors (Lipinski definition) is 4. The van der Waals surface area contributed by atoms with Crippen LogP contribution in [-0.2, 0) is 0 Å². The number of likely N-dealkylation sites (N-methyl/N-ethyl adjacent to an activating group) is 1. The zero-order valence-electron chi connectivity index (χ0n) is 11.0. The Labute approximate surface area is 103 Å². The van der Waals surface area contributed by atoms with E-state index < -0.39 is 11.7 Å². The standard InChI is InChI=1S/C13H22N2O2/c1-5-15(9-13(3,4)17)12-7-6-11(8-14-12)10(2)16/h6-8,10,16-17H,5,9H2,1-4H3/t10-/m1/s1. The minimum Gasteiger partial charge on any atom is -0.389 e. The van der Waals surface area contributed by atoms with Crippen molar-refractivity contribution in [3.05, 3.63) is 23.9 Å². The highest BCUT2D eigenvalue weighted by molar-refractivity contribution is 5.39. The summed E-state index contributed by atoms with van der Waals surface area (Å²) < 4.78 is 0. The van der Waals surface area contributed by atoms with Crippen LogP contribution in [0.3, 0.4) is 0 Å². The summed E-state index contributed by atoms with van der Waals surface area (Å²) in [6.07, 6.45) is 1.17. The Morgan fingerprint density at radius 3 is 2.41 bits per heavy atom. The van der Waals surface area contributed by atoms with Gasteiger partial charge < -0.3 is 15.1 Å². The normalized spacial score (nSPS) is 13.5. The fourth-order valence-corrected chi connectivity index (χ4v) is 1.65. The fraction of sp³-hybridized carbons (Fsp3) is 0.615. The highest BCUT2D eigenvalue weighted by Gasteiger charge is 2.18. The molecule has 0 bridgehead atoms. The lowest BCUT2D eigenvalue weighted by Crippen LogP contribution is -2.39. The lowest BCUT2D eigenvalue weighted by Gasteiger charge is -2.29. The van der Waals surface area contributed by atoms with Crippen LogP contribution < -0.4 is 4.90 Å². The van der Waals surface area contributed by atoms with Crippen LogP contribution in [0.1, 0.15) is 39.4 Å². The Kier molecular flexibility index (Phi) is 4.48. The first kappa shape index (κ1) is 13.9. The number of anilines is 1. The molecule has 1 aromatic rings. The van der Waals surface area contributed by atoms with Gasteiger partial charge in [-0.1, -0.05) is 6.07 Å². The van der Waals surface area contributed by atoms with Gasteiger partial charge in [0.1, 0.15) is 5.82 Å². The molecular weight excluding hydrogens is 216 g/mol. The Morgan fingerprint density at radius 2 is 2.06 bits per heavy atom. The van der Waals surface area contributed by atoms with Crippen LogP contribution in [-0.4, -0.2) is 33.9 Å². The summed E-state index contributed by atoms with van der Waals surface area (Å²) in [7, 11) is 0. The predicted octanol–water partition coefficient (Wildman–Crippen LogP) is 1.73. The Bertz CT molecular complexity index is 341. The van der Waals surface area contributed by atoms with Crippen molar-refractivity contribution in [2.24, 2.45) is 0 Å². The van der Waals surface area contributed by atoms with Crippen molar-refractivity contribution in [3.8, 4) is 0 Å². The summed E-state index contributed by atoms with van der Waals surface area (Å²) in [4.78, 5) is 6.32. The van der Waals surface area contributed by atoms with Crippen LogP contribution in [0.5, 0.6) is 0 Å². The average Bonchev–Trinajstić information content (AvgIpc) is 2.25. The van der Waals surface area contributed by atoms with Crippen LogP contribution in [0.25, 0.3) is 0 Å². The molecule has 0 saturated carbocycles. The van der Waals surface area contributed by atoms with Gasteiger partial charge in [0, 0.05) is 19.3 Å². The zero-order valence-corrected chi connectivity index (χ0v) is 11.0. The number of aromatic nitrogens is 1. The van der Waals surface area contributed by atoms with E-state index in [4.69, 9.17) is 0 Å². The van der Waals surface area contributed by atoms with Gasteiger partial charge in [0.05, 0.1) is 11.7 Å². The first-order valence-electron chi connectivity index (χ1n) is 5.95. The SMILES string of the molecule is CCN(CC(C)(C)O)c1ccc([C@@H](C)O)cn1. The molecule has 1 aromatic heterocycles. The second kappa shape index (κ2) is 5.47. The number of aliphatic hydroxyl groups is 2. The molecule has 0 aliphatic rings. The van der Waals surface area contributed by atoms with Crippen LogP contribution in [0.4, 0.5) is 5.82 Å². The molecule has 96 valence electrons. The quantitative estimate of drug-likeness (QED) is 0.820. The molecule has 0 radical (unpaired) electrons. The summed E-state index contributed by atoms with van der Waals surface area (Å²) >= 11 is 0. The van der Waals surface area contributed by atoms with Crippen molar-refractivity contribution < 1.29 is 10.2 Å². The molecular formula is C13H22N2O2. The lowest BCUT2D eigenvalue weighted by molar-refractivity contribution is 0.0874. The largest absolute Gasteiger partial charge is 0.389 e. The van der Waals surface area contributed by atoms with E-state index in [0.717, 1.165) is 17.9 Å². The average molecular weight is 238 g/mol. The maximum absolute atomic E-state index is 9.81. The highest BCUT2D eigenvalue weighted by atomic mass is 16.3. The van der Waals surface area contributed by atoms with Gasteiger partial charge >= 0.3 is 0 Å². The lowest BCUT2D eigenvalue weighted by atomic mass is 10.1. The number of hydrogen-bond donors (Lipinski definition) is 2. The van der Waals surface area contributed by atoms with Crippen LogP contribution in [0.15, 0.2) is 18.3 Å². The van der Waals surface area contributed by atoms with Crippen molar-refractivity contribution in [1.82, 2.24) is 4.98 Å². The summed E-state index contributed by atoms with van der Waals surface area (Å²) in [5.74, 6) is 0.819.